The molecule has 2 aromatic rings. The van der Waals surface area contributed by atoms with Crippen molar-refractivity contribution >= 4 is 21.6 Å². The fourth-order valence-corrected chi connectivity index (χ4v) is 3.98. The van der Waals surface area contributed by atoms with E-state index in [1.807, 2.05) is 18.2 Å². The molecular formula is C22H28N2O3S. The Morgan fingerprint density at radius 1 is 1.04 bits per heavy atom. The van der Waals surface area contributed by atoms with E-state index in [-0.39, 0.29) is 34.7 Å². The number of nitrogens with one attached hydrogen (secondary N) is 2. The molecule has 2 aromatic carbocycles. The summed E-state index contributed by atoms with van der Waals surface area (Å²) in [5, 5.41) is 3.01. The predicted molar refractivity (Wildman–Crippen MR) is 114 cm³/mol. The first-order valence-corrected chi connectivity index (χ1v) is 10.8. The fourth-order valence-electron chi connectivity index (χ4n) is 2.94. The molecule has 1 amide bonds. The maximum atomic E-state index is 12.9. The van der Waals surface area contributed by atoms with E-state index in [0.717, 1.165) is 16.8 Å². The van der Waals surface area contributed by atoms with Gasteiger partial charge >= 0.3 is 0 Å². The number of hydrogen-bond acceptors (Lipinski definition) is 3. The molecular weight excluding hydrogens is 372 g/mol. The molecule has 0 saturated heterocycles. The van der Waals surface area contributed by atoms with Crippen LogP contribution in [0, 0.1) is 0 Å². The summed E-state index contributed by atoms with van der Waals surface area (Å²) in [6.07, 6.45) is 1.46. The van der Waals surface area contributed by atoms with Crippen LogP contribution >= 0.6 is 0 Å². The quantitative estimate of drug-likeness (QED) is 0.633. The van der Waals surface area contributed by atoms with Crippen LogP contribution in [-0.4, -0.2) is 20.9 Å². The molecule has 150 valence electrons. The number of carbonyl (C=O) groups is 1. The van der Waals surface area contributed by atoms with Gasteiger partial charge in [0.1, 0.15) is 0 Å². The van der Waals surface area contributed by atoms with Gasteiger partial charge in [0.2, 0.25) is 10.0 Å². The Kier molecular flexibility index (Phi) is 7.16. The molecule has 6 heteroatoms. The molecule has 0 aliphatic carbocycles. The monoisotopic (exact) mass is 400 g/mol. The lowest BCUT2D eigenvalue weighted by atomic mass is 9.92. The Labute approximate surface area is 167 Å². The summed E-state index contributed by atoms with van der Waals surface area (Å²) in [6, 6.07) is 12.0. The first-order valence-electron chi connectivity index (χ1n) is 9.32. The average molecular weight is 401 g/mol. The van der Waals surface area contributed by atoms with Crippen molar-refractivity contribution in [3.05, 3.63) is 71.8 Å². The van der Waals surface area contributed by atoms with Gasteiger partial charge in [0.25, 0.3) is 5.91 Å². The van der Waals surface area contributed by atoms with Crippen LogP contribution in [0.3, 0.4) is 0 Å². The Bertz CT molecular complexity index is 937. The highest BCUT2D eigenvalue weighted by atomic mass is 32.2. The number of para-hydroxylation sites is 1. The minimum absolute atomic E-state index is 0.0447. The predicted octanol–water partition coefficient (Wildman–Crippen LogP) is 4.65. The van der Waals surface area contributed by atoms with Gasteiger partial charge < -0.3 is 5.32 Å². The third-order valence-electron chi connectivity index (χ3n) is 4.44. The molecule has 5 nitrogen and oxygen atoms in total. The summed E-state index contributed by atoms with van der Waals surface area (Å²) < 4.78 is 27.1. The van der Waals surface area contributed by atoms with Crippen molar-refractivity contribution < 1.29 is 13.2 Å². The number of sulfonamides is 1. The number of benzene rings is 2. The van der Waals surface area contributed by atoms with Gasteiger partial charge in [-0.2, -0.15) is 0 Å². The standard InChI is InChI=1S/C22H28N2O3S/c1-6-13-23-28(26,27)18-10-7-9-17(14-18)22(25)24-21-19(15(2)3)11-8-12-20(21)16(4)5/h6-12,14-16,23H,1,13H2,2-5H3,(H,24,25). The van der Waals surface area contributed by atoms with E-state index in [0.29, 0.717) is 0 Å². The van der Waals surface area contributed by atoms with Crippen LogP contribution in [0.4, 0.5) is 5.69 Å². The van der Waals surface area contributed by atoms with E-state index in [4.69, 9.17) is 0 Å². The summed E-state index contributed by atoms with van der Waals surface area (Å²) in [5.74, 6) is 0.142. The average Bonchev–Trinajstić information content (AvgIpc) is 2.66. The van der Waals surface area contributed by atoms with Crippen LogP contribution < -0.4 is 10.0 Å². The SMILES string of the molecule is C=CCNS(=O)(=O)c1cccc(C(=O)Nc2c(C(C)C)cccc2C(C)C)c1. The first kappa shape index (κ1) is 21.9. The van der Waals surface area contributed by atoms with Crippen molar-refractivity contribution in [1.29, 1.82) is 0 Å². The molecule has 0 unspecified atom stereocenters. The summed E-state index contributed by atoms with van der Waals surface area (Å²) in [5.41, 5.74) is 3.19. The maximum absolute atomic E-state index is 12.9. The number of amides is 1. The second-order valence-corrected chi connectivity index (χ2v) is 9.01. The molecule has 0 aromatic heterocycles. The van der Waals surface area contributed by atoms with Crippen LogP contribution in [-0.2, 0) is 10.0 Å². The van der Waals surface area contributed by atoms with Gasteiger partial charge in [-0.05, 0) is 41.2 Å². The number of rotatable bonds is 8. The van der Waals surface area contributed by atoms with Crippen molar-refractivity contribution in [1.82, 2.24) is 4.72 Å². The molecule has 0 spiro atoms. The molecule has 0 aliphatic heterocycles. The number of anilines is 1. The Morgan fingerprint density at radius 3 is 2.14 bits per heavy atom. The molecule has 28 heavy (non-hydrogen) atoms. The normalized spacial score (nSPS) is 11.6. The van der Waals surface area contributed by atoms with Crippen molar-refractivity contribution in [2.24, 2.45) is 0 Å². The van der Waals surface area contributed by atoms with Crippen LogP contribution in [0.1, 0.15) is 61.0 Å². The first-order chi connectivity index (χ1) is 13.2. The Hall–Kier alpha value is -2.44. The smallest absolute Gasteiger partial charge is 0.255 e. The summed E-state index contributed by atoms with van der Waals surface area (Å²) >= 11 is 0. The van der Waals surface area contributed by atoms with E-state index < -0.39 is 10.0 Å². The molecule has 0 heterocycles. The van der Waals surface area contributed by atoms with E-state index in [1.54, 1.807) is 12.1 Å². The second kappa shape index (κ2) is 9.17. The van der Waals surface area contributed by atoms with E-state index in [2.05, 4.69) is 44.3 Å². The van der Waals surface area contributed by atoms with Crippen molar-refractivity contribution in [3.8, 4) is 0 Å². The highest BCUT2D eigenvalue weighted by molar-refractivity contribution is 7.89. The number of carbonyl (C=O) groups excluding carboxylic acids is 1. The van der Waals surface area contributed by atoms with Crippen molar-refractivity contribution in [2.45, 2.75) is 44.4 Å². The van der Waals surface area contributed by atoms with Gasteiger partial charge in [0.05, 0.1) is 4.90 Å². The zero-order valence-corrected chi connectivity index (χ0v) is 17.6. The van der Waals surface area contributed by atoms with Crippen LogP contribution in [0.5, 0.6) is 0 Å². The maximum Gasteiger partial charge on any atom is 0.255 e. The highest BCUT2D eigenvalue weighted by Crippen LogP contribution is 2.32. The zero-order valence-electron chi connectivity index (χ0n) is 16.8. The van der Waals surface area contributed by atoms with Crippen molar-refractivity contribution in [2.75, 3.05) is 11.9 Å². The van der Waals surface area contributed by atoms with Gasteiger partial charge in [-0.15, -0.1) is 6.58 Å². The van der Waals surface area contributed by atoms with Gasteiger partial charge in [0.15, 0.2) is 0 Å². The minimum atomic E-state index is -3.70. The summed E-state index contributed by atoms with van der Waals surface area (Å²) in [4.78, 5) is 13.0. The molecule has 0 radical (unpaired) electrons. The van der Waals surface area contributed by atoms with Gasteiger partial charge in [0, 0.05) is 17.8 Å². The Balaban J connectivity index is 2.39. The third-order valence-corrected chi connectivity index (χ3v) is 5.86. The molecule has 0 saturated carbocycles. The fraction of sp³-hybridized carbons (Fsp3) is 0.318. The summed E-state index contributed by atoms with van der Waals surface area (Å²) in [7, 11) is -3.70. The zero-order chi connectivity index (χ0) is 20.9. The lowest BCUT2D eigenvalue weighted by Gasteiger charge is -2.20. The minimum Gasteiger partial charge on any atom is -0.321 e. The van der Waals surface area contributed by atoms with E-state index in [9.17, 15) is 13.2 Å². The van der Waals surface area contributed by atoms with Crippen LogP contribution in [0.2, 0.25) is 0 Å². The highest BCUT2D eigenvalue weighted by Gasteiger charge is 2.19. The molecule has 0 aliphatic rings. The Morgan fingerprint density at radius 2 is 1.61 bits per heavy atom. The lowest BCUT2D eigenvalue weighted by molar-refractivity contribution is 0.102. The topological polar surface area (TPSA) is 75.3 Å². The van der Waals surface area contributed by atoms with Crippen LogP contribution in [0.15, 0.2) is 60.0 Å². The summed E-state index contributed by atoms with van der Waals surface area (Å²) in [6.45, 7) is 11.9. The van der Waals surface area contributed by atoms with Gasteiger partial charge in [-0.25, -0.2) is 13.1 Å². The largest absolute Gasteiger partial charge is 0.321 e. The van der Waals surface area contributed by atoms with E-state index in [1.165, 1.54) is 18.2 Å². The molecule has 2 rings (SSSR count). The van der Waals surface area contributed by atoms with Crippen molar-refractivity contribution in [3.63, 3.8) is 0 Å². The van der Waals surface area contributed by atoms with E-state index >= 15 is 0 Å². The van der Waals surface area contributed by atoms with Crippen LogP contribution in [0.25, 0.3) is 0 Å². The molecule has 2 N–H and O–H groups in total. The third kappa shape index (κ3) is 5.09. The van der Waals surface area contributed by atoms with Gasteiger partial charge in [-0.1, -0.05) is 58.0 Å². The molecule has 0 atom stereocenters. The number of hydrogen-bond donors (Lipinski definition) is 2. The second-order valence-electron chi connectivity index (χ2n) is 7.24. The molecule has 0 bridgehead atoms. The lowest BCUT2D eigenvalue weighted by Crippen LogP contribution is -2.24. The molecule has 0 fully saturated rings. The van der Waals surface area contributed by atoms with Gasteiger partial charge in [-0.3, -0.25) is 4.79 Å².